The molecule has 0 saturated carbocycles. The minimum absolute atomic E-state index is 0.258. The number of nitrogens with zero attached hydrogens (tertiary/aromatic N) is 2. The van der Waals surface area contributed by atoms with Gasteiger partial charge in [0.2, 0.25) is 0 Å². The lowest BCUT2D eigenvalue weighted by molar-refractivity contribution is -0.130. The van der Waals surface area contributed by atoms with Gasteiger partial charge >= 0.3 is 0 Å². The molecule has 4 rings (SSSR count). The molecule has 1 aliphatic rings. The van der Waals surface area contributed by atoms with Gasteiger partial charge in [0.15, 0.2) is 5.76 Å². The Bertz CT molecular complexity index is 1050. The summed E-state index contributed by atoms with van der Waals surface area (Å²) in [7, 11) is 1.59. The summed E-state index contributed by atoms with van der Waals surface area (Å²) in [5.74, 6) is 0.0130. The fourth-order valence-electron chi connectivity index (χ4n) is 3.54. The standard InChI is InChI=1S/C23H19ClN2O3/c1-29-19-11-7-15(8-12-19)20-21(16-5-9-17(24)10-6-16)26(23(28)22(20)27)14-18-4-2-3-13-25-18/h2-13,21,27H,14H2,1H3/t21-/m1/s1. The van der Waals surface area contributed by atoms with Crippen LogP contribution in [0.15, 0.2) is 78.7 Å². The predicted molar refractivity (Wildman–Crippen MR) is 112 cm³/mol. The number of aliphatic hydroxyl groups excluding tert-OH is 1. The summed E-state index contributed by atoms with van der Waals surface area (Å²) in [6, 6.07) is 19.7. The minimum Gasteiger partial charge on any atom is -0.503 e. The second-order valence-electron chi connectivity index (χ2n) is 6.70. The summed E-state index contributed by atoms with van der Waals surface area (Å²) < 4.78 is 5.23. The number of hydrogen-bond donors (Lipinski definition) is 1. The van der Waals surface area contributed by atoms with Crippen LogP contribution >= 0.6 is 11.6 Å². The van der Waals surface area contributed by atoms with E-state index in [0.29, 0.717) is 16.3 Å². The number of amides is 1. The molecule has 0 unspecified atom stereocenters. The number of benzene rings is 2. The molecule has 1 aromatic heterocycles. The molecule has 3 aromatic rings. The van der Waals surface area contributed by atoms with Gasteiger partial charge in [0.25, 0.3) is 5.91 Å². The largest absolute Gasteiger partial charge is 0.503 e. The molecule has 0 aliphatic carbocycles. The van der Waals surface area contributed by atoms with Crippen LogP contribution in [0.3, 0.4) is 0 Å². The van der Waals surface area contributed by atoms with E-state index in [2.05, 4.69) is 4.98 Å². The predicted octanol–water partition coefficient (Wildman–Crippen LogP) is 4.80. The van der Waals surface area contributed by atoms with E-state index >= 15 is 0 Å². The van der Waals surface area contributed by atoms with Crippen molar-refractivity contribution >= 4 is 23.1 Å². The van der Waals surface area contributed by atoms with Gasteiger partial charge < -0.3 is 14.7 Å². The Morgan fingerprint density at radius 2 is 1.79 bits per heavy atom. The Morgan fingerprint density at radius 1 is 1.07 bits per heavy atom. The van der Waals surface area contributed by atoms with Crippen molar-refractivity contribution in [2.75, 3.05) is 7.11 Å². The molecule has 5 nitrogen and oxygen atoms in total. The first kappa shape index (κ1) is 19.0. The summed E-state index contributed by atoms with van der Waals surface area (Å²) in [6.45, 7) is 0.274. The van der Waals surface area contributed by atoms with Crippen LogP contribution in [0, 0.1) is 0 Å². The zero-order valence-electron chi connectivity index (χ0n) is 15.7. The molecular formula is C23H19ClN2O3. The minimum atomic E-state index is -0.463. The summed E-state index contributed by atoms with van der Waals surface area (Å²) in [4.78, 5) is 19.0. The van der Waals surface area contributed by atoms with Crippen LogP contribution in [0.4, 0.5) is 0 Å². The average molecular weight is 407 g/mol. The highest BCUT2D eigenvalue weighted by atomic mass is 35.5. The van der Waals surface area contributed by atoms with Crippen molar-refractivity contribution in [3.8, 4) is 5.75 Å². The van der Waals surface area contributed by atoms with Gasteiger partial charge in [-0.1, -0.05) is 41.9 Å². The van der Waals surface area contributed by atoms with Gasteiger partial charge in [-0.3, -0.25) is 9.78 Å². The summed E-state index contributed by atoms with van der Waals surface area (Å²) in [6.07, 6.45) is 1.69. The number of aromatic nitrogens is 1. The van der Waals surface area contributed by atoms with Gasteiger partial charge in [0, 0.05) is 16.8 Å². The first-order valence-electron chi connectivity index (χ1n) is 9.12. The molecule has 6 heteroatoms. The van der Waals surface area contributed by atoms with Gasteiger partial charge in [-0.2, -0.15) is 0 Å². The van der Waals surface area contributed by atoms with E-state index in [4.69, 9.17) is 16.3 Å². The smallest absolute Gasteiger partial charge is 0.290 e. The maximum absolute atomic E-state index is 13.0. The molecule has 0 saturated heterocycles. The Morgan fingerprint density at radius 3 is 2.41 bits per heavy atom. The van der Waals surface area contributed by atoms with Crippen molar-refractivity contribution in [3.05, 3.63) is 101 Å². The monoisotopic (exact) mass is 406 g/mol. The van der Waals surface area contributed by atoms with Crippen molar-refractivity contribution in [2.24, 2.45) is 0 Å². The number of pyridine rings is 1. The highest BCUT2D eigenvalue weighted by Gasteiger charge is 2.41. The molecular weight excluding hydrogens is 388 g/mol. The first-order valence-corrected chi connectivity index (χ1v) is 9.50. The Kier molecular flexibility index (Phi) is 5.23. The van der Waals surface area contributed by atoms with Crippen LogP contribution in [-0.2, 0) is 11.3 Å². The Hall–Kier alpha value is -3.31. The molecule has 1 amide bonds. The van der Waals surface area contributed by atoms with Crippen molar-refractivity contribution in [1.29, 1.82) is 0 Å². The van der Waals surface area contributed by atoms with Gasteiger partial charge in [-0.05, 0) is 47.5 Å². The van der Waals surface area contributed by atoms with Gasteiger partial charge in [-0.25, -0.2) is 0 Å². The van der Waals surface area contributed by atoms with E-state index < -0.39 is 11.9 Å². The zero-order chi connectivity index (χ0) is 20.4. The van der Waals surface area contributed by atoms with E-state index in [1.54, 1.807) is 42.5 Å². The number of hydrogen-bond acceptors (Lipinski definition) is 4. The number of rotatable bonds is 5. The van der Waals surface area contributed by atoms with Crippen LogP contribution in [0.1, 0.15) is 22.9 Å². The maximum atomic E-state index is 13.0. The number of methoxy groups -OCH3 is 1. The number of carbonyl (C=O) groups is 1. The highest BCUT2D eigenvalue weighted by Crippen LogP contribution is 2.44. The molecule has 2 aromatic carbocycles. The quantitative estimate of drug-likeness (QED) is 0.661. The Labute approximate surface area is 173 Å². The van der Waals surface area contributed by atoms with Crippen molar-refractivity contribution in [1.82, 2.24) is 9.88 Å². The molecule has 146 valence electrons. The van der Waals surface area contributed by atoms with Gasteiger partial charge in [0.1, 0.15) is 5.75 Å². The second-order valence-corrected chi connectivity index (χ2v) is 7.14. The number of halogens is 1. The second kappa shape index (κ2) is 7.97. The Balaban J connectivity index is 1.80. The molecule has 1 N–H and O–H groups in total. The molecule has 1 atom stereocenters. The van der Waals surface area contributed by atoms with Crippen LogP contribution < -0.4 is 4.74 Å². The summed E-state index contributed by atoms with van der Waals surface area (Å²) in [5, 5.41) is 11.4. The SMILES string of the molecule is COc1ccc(C2=C(O)C(=O)N(Cc3ccccn3)[C@@H]2c2ccc(Cl)cc2)cc1. The molecule has 0 fully saturated rings. The number of aliphatic hydroxyl groups is 1. The number of carbonyl (C=O) groups excluding carboxylic acids is 1. The lowest BCUT2D eigenvalue weighted by Gasteiger charge is -2.27. The van der Waals surface area contributed by atoms with E-state index in [9.17, 15) is 9.90 Å². The van der Waals surface area contributed by atoms with Crippen LogP contribution in [-0.4, -0.2) is 28.0 Å². The summed E-state index contributed by atoms with van der Waals surface area (Å²) >= 11 is 6.06. The van der Waals surface area contributed by atoms with Crippen LogP contribution in [0.25, 0.3) is 5.57 Å². The highest BCUT2D eigenvalue weighted by molar-refractivity contribution is 6.30. The van der Waals surface area contributed by atoms with Gasteiger partial charge in [-0.15, -0.1) is 0 Å². The zero-order valence-corrected chi connectivity index (χ0v) is 16.5. The number of ether oxygens (including phenoxy) is 1. The topological polar surface area (TPSA) is 62.7 Å². The lowest BCUT2D eigenvalue weighted by Crippen LogP contribution is -2.30. The van der Waals surface area contributed by atoms with E-state index in [1.165, 1.54) is 0 Å². The van der Waals surface area contributed by atoms with Crippen molar-refractivity contribution < 1.29 is 14.6 Å². The maximum Gasteiger partial charge on any atom is 0.290 e. The fourth-order valence-corrected chi connectivity index (χ4v) is 3.67. The van der Waals surface area contributed by atoms with Gasteiger partial charge in [0.05, 0.1) is 25.4 Å². The molecule has 0 bridgehead atoms. The third-order valence-electron chi connectivity index (χ3n) is 4.95. The third-order valence-corrected chi connectivity index (χ3v) is 5.20. The van der Waals surface area contributed by atoms with E-state index in [-0.39, 0.29) is 12.3 Å². The third kappa shape index (κ3) is 3.69. The fraction of sp³-hybridized carbons (Fsp3) is 0.130. The van der Waals surface area contributed by atoms with Crippen molar-refractivity contribution in [3.63, 3.8) is 0 Å². The molecule has 0 spiro atoms. The van der Waals surface area contributed by atoms with Crippen LogP contribution in [0.2, 0.25) is 5.02 Å². The molecule has 1 aliphatic heterocycles. The first-order chi connectivity index (χ1) is 14.1. The average Bonchev–Trinajstić information content (AvgIpc) is 3.00. The van der Waals surface area contributed by atoms with Crippen LogP contribution in [0.5, 0.6) is 5.75 Å². The van der Waals surface area contributed by atoms with Crippen molar-refractivity contribution in [2.45, 2.75) is 12.6 Å². The normalized spacial score (nSPS) is 16.4. The summed E-state index contributed by atoms with van der Waals surface area (Å²) in [5.41, 5.74) is 2.90. The van der Waals surface area contributed by atoms with E-state index in [1.807, 2.05) is 42.5 Å². The molecule has 2 heterocycles. The van der Waals surface area contributed by atoms with E-state index in [0.717, 1.165) is 16.8 Å². The molecule has 29 heavy (non-hydrogen) atoms. The molecule has 0 radical (unpaired) electrons. The lowest BCUT2D eigenvalue weighted by atomic mass is 9.93.